The molecule has 2 aromatic carbocycles. The molecule has 0 aliphatic rings. The van der Waals surface area contributed by atoms with Crippen molar-refractivity contribution in [2.45, 2.75) is 13.0 Å². The van der Waals surface area contributed by atoms with Crippen molar-refractivity contribution in [2.24, 2.45) is 0 Å². The summed E-state index contributed by atoms with van der Waals surface area (Å²) in [5.41, 5.74) is 2.62. The van der Waals surface area contributed by atoms with E-state index in [1.54, 1.807) is 6.20 Å². The summed E-state index contributed by atoms with van der Waals surface area (Å²) in [5, 5.41) is 5.61. The van der Waals surface area contributed by atoms with Crippen LogP contribution in [0.3, 0.4) is 0 Å². The van der Waals surface area contributed by atoms with Crippen molar-refractivity contribution < 1.29 is 19.1 Å². The van der Waals surface area contributed by atoms with Crippen LogP contribution in [-0.4, -0.2) is 29.5 Å². The number of benzene rings is 2. The lowest BCUT2D eigenvalue weighted by Crippen LogP contribution is -2.41. The number of nitrogens with one attached hydrogen (secondary N) is 3. The molecule has 1 heterocycles. The summed E-state index contributed by atoms with van der Waals surface area (Å²) < 4.78 is 4.94. The van der Waals surface area contributed by atoms with E-state index in [2.05, 4.69) is 15.6 Å². The van der Waals surface area contributed by atoms with Crippen LogP contribution in [0.1, 0.15) is 11.1 Å². The number of hydrogen-bond acceptors (Lipinski definition) is 4. The molecular formula is C20H19N3O4. The van der Waals surface area contributed by atoms with Gasteiger partial charge in [0.1, 0.15) is 0 Å². The number of esters is 1. The Bertz CT molecular complexity index is 950. The van der Waals surface area contributed by atoms with Gasteiger partial charge < -0.3 is 15.0 Å². The second kappa shape index (κ2) is 8.66. The van der Waals surface area contributed by atoms with Crippen LogP contribution in [-0.2, 0) is 27.3 Å². The van der Waals surface area contributed by atoms with Crippen LogP contribution in [0, 0.1) is 0 Å². The van der Waals surface area contributed by atoms with Gasteiger partial charge in [-0.1, -0.05) is 48.5 Å². The molecule has 0 aliphatic carbocycles. The topological polar surface area (TPSA) is 100 Å². The molecule has 1 aromatic heterocycles. The lowest BCUT2D eigenvalue weighted by molar-refractivity contribution is -0.147. The van der Waals surface area contributed by atoms with E-state index in [0.29, 0.717) is 6.54 Å². The number of ether oxygens (including phenoxy) is 1. The Kier molecular flexibility index (Phi) is 5.84. The standard InChI is InChI=1S/C20H19N3O4/c24-18(23-20(26)22-11-14-6-2-1-3-7-14)13-27-19(25)10-15-12-21-17-9-5-4-8-16(15)17/h1-9,12,21H,10-11,13H2,(H2,22,23,24,26). The van der Waals surface area contributed by atoms with Crippen LogP contribution in [0.2, 0.25) is 0 Å². The number of hydrogen-bond donors (Lipinski definition) is 3. The zero-order valence-electron chi connectivity index (χ0n) is 14.5. The first-order valence-corrected chi connectivity index (χ1v) is 8.44. The second-order valence-corrected chi connectivity index (χ2v) is 5.91. The maximum atomic E-state index is 11.9. The largest absolute Gasteiger partial charge is 0.455 e. The first-order valence-electron chi connectivity index (χ1n) is 8.44. The van der Waals surface area contributed by atoms with Crippen molar-refractivity contribution in [3.63, 3.8) is 0 Å². The summed E-state index contributed by atoms with van der Waals surface area (Å²) in [6.07, 6.45) is 1.78. The van der Waals surface area contributed by atoms with Gasteiger partial charge in [0.15, 0.2) is 6.61 Å². The van der Waals surface area contributed by atoms with Crippen LogP contribution < -0.4 is 10.6 Å². The quantitative estimate of drug-likeness (QED) is 0.584. The molecule has 0 aliphatic heterocycles. The highest BCUT2D eigenvalue weighted by molar-refractivity contribution is 5.95. The van der Waals surface area contributed by atoms with E-state index in [1.165, 1.54) is 0 Å². The van der Waals surface area contributed by atoms with E-state index in [-0.39, 0.29) is 6.42 Å². The number of carbonyl (C=O) groups excluding carboxylic acids is 3. The smallest absolute Gasteiger partial charge is 0.321 e. The van der Waals surface area contributed by atoms with Gasteiger partial charge in [-0.05, 0) is 17.2 Å². The van der Waals surface area contributed by atoms with Gasteiger partial charge in [0.25, 0.3) is 5.91 Å². The highest BCUT2D eigenvalue weighted by atomic mass is 16.5. The number of H-pyrrole nitrogens is 1. The molecule has 0 atom stereocenters. The Hall–Kier alpha value is -3.61. The molecule has 7 heteroatoms. The maximum absolute atomic E-state index is 11.9. The first-order chi connectivity index (χ1) is 13.1. The van der Waals surface area contributed by atoms with Gasteiger partial charge in [0.05, 0.1) is 6.42 Å². The second-order valence-electron chi connectivity index (χ2n) is 5.91. The number of fused-ring (bicyclic) bond motifs is 1. The van der Waals surface area contributed by atoms with Crippen molar-refractivity contribution >= 4 is 28.8 Å². The van der Waals surface area contributed by atoms with Crippen LogP contribution in [0.5, 0.6) is 0 Å². The van der Waals surface area contributed by atoms with Crippen LogP contribution >= 0.6 is 0 Å². The molecule has 7 nitrogen and oxygen atoms in total. The third kappa shape index (κ3) is 5.18. The van der Waals surface area contributed by atoms with Gasteiger partial charge in [-0.15, -0.1) is 0 Å². The lowest BCUT2D eigenvalue weighted by atomic mass is 10.1. The molecule has 0 unspecified atom stereocenters. The number of amides is 3. The molecule has 0 saturated carbocycles. The van der Waals surface area contributed by atoms with E-state index in [1.807, 2.05) is 54.6 Å². The number of rotatable bonds is 6. The monoisotopic (exact) mass is 365 g/mol. The Balaban J connectivity index is 1.40. The molecule has 3 amide bonds. The number of imide groups is 1. The van der Waals surface area contributed by atoms with E-state index >= 15 is 0 Å². The summed E-state index contributed by atoms with van der Waals surface area (Å²) in [5.74, 6) is -1.23. The van der Waals surface area contributed by atoms with Crippen LogP contribution in [0.25, 0.3) is 10.9 Å². The first kappa shape index (κ1) is 18.2. The van der Waals surface area contributed by atoms with Crippen molar-refractivity contribution in [3.05, 3.63) is 71.9 Å². The molecule has 3 rings (SSSR count). The molecule has 0 radical (unpaired) electrons. The minimum atomic E-state index is -0.687. The molecule has 0 fully saturated rings. The van der Waals surface area contributed by atoms with E-state index < -0.39 is 24.5 Å². The normalized spacial score (nSPS) is 10.4. The van der Waals surface area contributed by atoms with Crippen molar-refractivity contribution in [1.29, 1.82) is 0 Å². The fourth-order valence-corrected chi connectivity index (χ4v) is 2.62. The molecular weight excluding hydrogens is 346 g/mol. The molecule has 3 N–H and O–H groups in total. The maximum Gasteiger partial charge on any atom is 0.321 e. The van der Waals surface area contributed by atoms with E-state index in [0.717, 1.165) is 22.0 Å². The third-order valence-corrected chi connectivity index (χ3v) is 3.92. The molecule has 0 spiro atoms. The predicted molar refractivity (Wildman–Crippen MR) is 99.8 cm³/mol. The summed E-state index contributed by atoms with van der Waals surface area (Å²) in [6, 6.07) is 16.2. The van der Waals surface area contributed by atoms with Crippen molar-refractivity contribution in [1.82, 2.24) is 15.6 Å². The Morgan fingerprint density at radius 3 is 2.52 bits per heavy atom. The molecule has 27 heavy (non-hydrogen) atoms. The molecule has 138 valence electrons. The number of carbonyl (C=O) groups is 3. The number of urea groups is 1. The van der Waals surface area contributed by atoms with Gasteiger partial charge in [-0.25, -0.2) is 4.79 Å². The van der Waals surface area contributed by atoms with E-state index in [4.69, 9.17) is 4.74 Å². The summed E-state index contributed by atoms with van der Waals surface area (Å²) >= 11 is 0. The van der Waals surface area contributed by atoms with Gasteiger partial charge in [-0.2, -0.15) is 0 Å². The fourth-order valence-electron chi connectivity index (χ4n) is 2.62. The number of aromatic nitrogens is 1. The van der Waals surface area contributed by atoms with Crippen molar-refractivity contribution in [3.8, 4) is 0 Å². The van der Waals surface area contributed by atoms with Gasteiger partial charge >= 0.3 is 12.0 Å². The minimum absolute atomic E-state index is 0.0392. The highest BCUT2D eigenvalue weighted by Gasteiger charge is 2.13. The Morgan fingerprint density at radius 2 is 1.70 bits per heavy atom. The van der Waals surface area contributed by atoms with Crippen LogP contribution in [0.15, 0.2) is 60.8 Å². The predicted octanol–water partition coefficient (Wildman–Crippen LogP) is 2.28. The van der Waals surface area contributed by atoms with Gasteiger partial charge in [0.2, 0.25) is 0 Å². The molecule has 0 saturated heterocycles. The average Bonchev–Trinajstić information content (AvgIpc) is 3.08. The highest BCUT2D eigenvalue weighted by Crippen LogP contribution is 2.18. The Labute approximate surface area is 155 Å². The SMILES string of the molecule is O=C(COC(=O)Cc1c[nH]c2ccccc12)NC(=O)NCc1ccccc1. The third-order valence-electron chi connectivity index (χ3n) is 3.92. The van der Waals surface area contributed by atoms with Crippen molar-refractivity contribution in [2.75, 3.05) is 6.61 Å². The zero-order valence-corrected chi connectivity index (χ0v) is 14.5. The zero-order chi connectivity index (χ0) is 19.1. The van der Waals surface area contributed by atoms with Crippen LogP contribution in [0.4, 0.5) is 4.79 Å². The van der Waals surface area contributed by atoms with Gasteiger partial charge in [0, 0.05) is 23.6 Å². The van der Waals surface area contributed by atoms with Gasteiger partial charge in [-0.3, -0.25) is 14.9 Å². The van der Waals surface area contributed by atoms with E-state index in [9.17, 15) is 14.4 Å². The summed E-state index contributed by atoms with van der Waals surface area (Å²) in [6.45, 7) is -0.222. The number of aromatic amines is 1. The molecule has 3 aromatic rings. The fraction of sp³-hybridized carbons (Fsp3) is 0.150. The number of para-hydroxylation sites is 1. The summed E-state index contributed by atoms with van der Waals surface area (Å²) in [7, 11) is 0. The summed E-state index contributed by atoms with van der Waals surface area (Å²) in [4.78, 5) is 38.4. The molecule has 0 bridgehead atoms. The minimum Gasteiger partial charge on any atom is -0.455 e. The average molecular weight is 365 g/mol. The Morgan fingerprint density at radius 1 is 0.963 bits per heavy atom. The lowest BCUT2D eigenvalue weighted by Gasteiger charge is -2.07.